The molecule has 9 heteroatoms. The summed E-state index contributed by atoms with van der Waals surface area (Å²) < 4.78 is 10.7. The number of ether oxygens (including phenoxy) is 2. The van der Waals surface area contributed by atoms with Crippen molar-refractivity contribution in [3.05, 3.63) is 64.1 Å². The number of halogens is 1. The lowest BCUT2D eigenvalue weighted by Crippen LogP contribution is -2.36. The van der Waals surface area contributed by atoms with E-state index in [1.165, 1.54) is 17.4 Å². The Balaban J connectivity index is 1.55. The van der Waals surface area contributed by atoms with Gasteiger partial charge >= 0.3 is 0 Å². The van der Waals surface area contributed by atoms with Gasteiger partial charge < -0.3 is 19.7 Å². The van der Waals surface area contributed by atoms with Crippen molar-refractivity contribution in [2.24, 2.45) is 0 Å². The molecule has 2 aromatic carbocycles. The van der Waals surface area contributed by atoms with Crippen molar-refractivity contribution < 1.29 is 14.3 Å². The maximum absolute atomic E-state index is 12.9. The topological polar surface area (TPSA) is 87.5 Å². The van der Waals surface area contributed by atoms with Crippen LogP contribution in [0, 0.1) is 11.3 Å². The third-order valence-electron chi connectivity index (χ3n) is 5.05. The molecule has 0 radical (unpaired) electrons. The second kappa shape index (κ2) is 10.5. The van der Waals surface area contributed by atoms with Gasteiger partial charge in [-0.15, -0.1) is 11.3 Å². The molecule has 7 nitrogen and oxygen atoms in total. The number of benzene rings is 2. The number of amides is 1. The number of methoxy groups -OCH3 is 1. The van der Waals surface area contributed by atoms with Gasteiger partial charge in [0.05, 0.1) is 37.4 Å². The zero-order chi connectivity index (χ0) is 23.2. The minimum absolute atomic E-state index is 0.0506. The molecule has 0 bridgehead atoms. The highest BCUT2D eigenvalue weighted by Crippen LogP contribution is 2.31. The maximum Gasteiger partial charge on any atom is 0.266 e. The van der Waals surface area contributed by atoms with Crippen LogP contribution < -0.4 is 15.0 Å². The highest BCUT2D eigenvalue weighted by molar-refractivity contribution is 7.13. The molecular formula is C24H21ClN4O3S. The van der Waals surface area contributed by atoms with Crippen LogP contribution in [0.2, 0.25) is 5.02 Å². The van der Waals surface area contributed by atoms with Crippen molar-refractivity contribution in [3.8, 4) is 22.4 Å². The minimum Gasteiger partial charge on any atom is -0.497 e. The van der Waals surface area contributed by atoms with Gasteiger partial charge in [-0.2, -0.15) is 5.26 Å². The average Bonchev–Trinajstić information content (AvgIpc) is 3.32. The molecule has 1 aromatic heterocycles. The molecule has 1 saturated heterocycles. The highest BCUT2D eigenvalue weighted by atomic mass is 35.5. The monoisotopic (exact) mass is 480 g/mol. The van der Waals surface area contributed by atoms with E-state index in [1.807, 2.05) is 36.4 Å². The Bertz CT molecular complexity index is 1230. The Kier molecular flexibility index (Phi) is 7.25. The quantitative estimate of drug-likeness (QED) is 0.400. The summed E-state index contributed by atoms with van der Waals surface area (Å²) in [6, 6.07) is 14.9. The van der Waals surface area contributed by atoms with Gasteiger partial charge in [0.1, 0.15) is 22.4 Å². The molecule has 1 aliphatic heterocycles. The molecular weight excluding hydrogens is 460 g/mol. The number of thiazole rings is 1. The predicted molar refractivity (Wildman–Crippen MR) is 131 cm³/mol. The number of carbonyl (C=O) groups excluding carboxylic acids is 1. The minimum atomic E-state index is -0.523. The molecule has 2 heterocycles. The Morgan fingerprint density at radius 3 is 2.88 bits per heavy atom. The van der Waals surface area contributed by atoms with Crippen LogP contribution in [0.25, 0.3) is 16.6 Å². The van der Waals surface area contributed by atoms with Gasteiger partial charge in [-0.05, 0) is 36.4 Å². The molecule has 168 valence electrons. The van der Waals surface area contributed by atoms with Crippen LogP contribution in [0.3, 0.4) is 0 Å². The summed E-state index contributed by atoms with van der Waals surface area (Å²) in [6.07, 6.45) is 1.48. The fourth-order valence-corrected chi connectivity index (χ4v) is 4.36. The van der Waals surface area contributed by atoms with E-state index in [-0.39, 0.29) is 5.57 Å². The van der Waals surface area contributed by atoms with Crippen LogP contribution >= 0.6 is 22.9 Å². The first-order valence-corrected chi connectivity index (χ1v) is 11.5. The van der Waals surface area contributed by atoms with E-state index in [2.05, 4.69) is 15.2 Å². The summed E-state index contributed by atoms with van der Waals surface area (Å²) in [6.45, 7) is 2.63. The summed E-state index contributed by atoms with van der Waals surface area (Å²) in [5, 5.41) is 15.5. The van der Waals surface area contributed by atoms with Crippen LogP contribution in [0.15, 0.2) is 53.4 Å². The molecule has 1 N–H and O–H groups in total. The molecule has 33 heavy (non-hydrogen) atoms. The van der Waals surface area contributed by atoms with Crippen LogP contribution in [0.4, 0.5) is 11.4 Å². The lowest BCUT2D eigenvalue weighted by atomic mass is 10.2. The molecule has 1 aliphatic rings. The fourth-order valence-electron chi connectivity index (χ4n) is 3.42. The normalized spacial score (nSPS) is 14.0. The van der Waals surface area contributed by atoms with Gasteiger partial charge in [0.25, 0.3) is 5.91 Å². The Hall–Kier alpha value is -3.38. The van der Waals surface area contributed by atoms with Crippen LogP contribution in [0.1, 0.15) is 5.69 Å². The largest absolute Gasteiger partial charge is 0.497 e. The number of hydrogen-bond acceptors (Lipinski definition) is 7. The van der Waals surface area contributed by atoms with E-state index in [0.29, 0.717) is 42.7 Å². The van der Waals surface area contributed by atoms with Crippen molar-refractivity contribution >= 4 is 46.3 Å². The number of morpholine rings is 1. The first kappa shape index (κ1) is 22.8. The smallest absolute Gasteiger partial charge is 0.266 e. The van der Waals surface area contributed by atoms with E-state index in [4.69, 9.17) is 21.1 Å². The first-order chi connectivity index (χ1) is 16.1. The molecule has 0 spiro atoms. The summed E-state index contributed by atoms with van der Waals surface area (Å²) >= 11 is 7.60. The lowest BCUT2D eigenvalue weighted by molar-refractivity contribution is -0.112. The van der Waals surface area contributed by atoms with E-state index in [0.717, 1.165) is 22.0 Å². The van der Waals surface area contributed by atoms with E-state index >= 15 is 0 Å². The van der Waals surface area contributed by atoms with Crippen molar-refractivity contribution in [1.82, 2.24) is 4.98 Å². The third-order valence-corrected chi connectivity index (χ3v) is 6.20. The standard InChI is InChI=1S/C24H21ClN4O3S/c1-31-20-4-2-3-16(12-20)24-27-19(15-33-24)11-17(14-26)23(30)28-21-13-18(25)5-6-22(21)29-7-9-32-10-8-29/h2-6,11-13,15H,7-10H2,1H3,(H,28,30). The third kappa shape index (κ3) is 5.52. The molecule has 0 aliphatic carbocycles. The van der Waals surface area contributed by atoms with Crippen LogP contribution in [-0.4, -0.2) is 44.3 Å². The van der Waals surface area contributed by atoms with Gasteiger partial charge in [-0.3, -0.25) is 4.79 Å². The molecule has 4 rings (SSSR count). The zero-order valence-corrected chi connectivity index (χ0v) is 19.4. The summed E-state index contributed by atoms with van der Waals surface area (Å²) in [7, 11) is 1.61. The van der Waals surface area contributed by atoms with E-state index in [9.17, 15) is 10.1 Å². The molecule has 0 saturated carbocycles. The maximum atomic E-state index is 12.9. The highest BCUT2D eigenvalue weighted by Gasteiger charge is 2.18. The number of anilines is 2. The van der Waals surface area contributed by atoms with Gasteiger partial charge in [0, 0.05) is 29.1 Å². The lowest BCUT2D eigenvalue weighted by Gasteiger charge is -2.30. The molecule has 3 aromatic rings. The van der Waals surface area contributed by atoms with E-state index < -0.39 is 5.91 Å². The van der Waals surface area contributed by atoms with Gasteiger partial charge in [0.2, 0.25) is 0 Å². The number of nitriles is 1. The van der Waals surface area contributed by atoms with Gasteiger partial charge in [-0.25, -0.2) is 4.98 Å². The van der Waals surface area contributed by atoms with Crippen LogP contribution in [-0.2, 0) is 9.53 Å². The second-order valence-corrected chi connectivity index (χ2v) is 8.49. The number of nitrogens with one attached hydrogen (secondary N) is 1. The Labute approximate surface area is 200 Å². The summed E-state index contributed by atoms with van der Waals surface area (Å²) in [4.78, 5) is 19.6. The van der Waals surface area contributed by atoms with Crippen molar-refractivity contribution in [1.29, 1.82) is 5.26 Å². The number of aromatic nitrogens is 1. The predicted octanol–water partition coefficient (Wildman–Crippen LogP) is 4.85. The Morgan fingerprint density at radius 2 is 2.12 bits per heavy atom. The van der Waals surface area contributed by atoms with Crippen molar-refractivity contribution in [2.75, 3.05) is 43.6 Å². The molecule has 1 fully saturated rings. The zero-order valence-electron chi connectivity index (χ0n) is 17.9. The second-order valence-electron chi connectivity index (χ2n) is 7.19. The number of rotatable bonds is 6. The van der Waals surface area contributed by atoms with E-state index in [1.54, 1.807) is 24.6 Å². The number of hydrogen-bond donors (Lipinski definition) is 1. The average molecular weight is 481 g/mol. The van der Waals surface area contributed by atoms with Gasteiger partial charge in [0.15, 0.2) is 0 Å². The number of carbonyl (C=O) groups is 1. The summed E-state index contributed by atoms with van der Waals surface area (Å²) in [5.41, 5.74) is 2.76. The summed E-state index contributed by atoms with van der Waals surface area (Å²) in [5.74, 6) is 0.208. The SMILES string of the molecule is COc1cccc(-c2nc(C=C(C#N)C(=O)Nc3cc(Cl)ccc3N3CCOCC3)cs2)c1. The molecule has 1 amide bonds. The molecule has 0 unspecified atom stereocenters. The molecule has 0 atom stereocenters. The van der Waals surface area contributed by atoms with Crippen molar-refractivity contribution in [2.45, 2.75) is 0 Å². The van der Waals surface area contributed by atoms with Crippen LogP contribution in [0.5, 0.6) is 5.75 Å². The Morgan fingerprint density at radius 1 is 1.30 bits per heavy atom. The van der Waals surface area contributed by atoms with Gasteiger partial charge in [-0.1, -0.05) is 23.7 Å². The first-order valence-electron chi connectivity index (χ1n) is 10.2. The van der Waals surface area contributed by atoms with Crippen molar-refractivity contribution in [3.63, 3.8) is 0 Å². The number of nitrogens with zero attached hydrogens (tertiary/aromatic N) is 3. The fraction of sp³-hybridized carbons (Fsp3) is 0.208.